The van der Waals surface area contributed by atoms with Crippen molar-refractivity contribution in [3.63, 3.8) is 0 Å². The summed E-state index contributed by atoms with van der Waals surface area (Å²) >= 11 is 7.52. The number of hydrogen-bond donors (Lipinski definition) is 1. The second-order valence-electron chi connectivity index (χ2n) is 9.74. The van der Waals surface area contributed by atoms with E-state index in [1.165, 1.54) is 11.3 Å². The Kier molecular flexibility index (Phi) is 7.10. The number of nitrogens with one attached hydrogen (secondary N) is 1. The summed E-state index contributed by atoms with van der Waals surface area (Å²) in [6.07, 6.45) is 0. The number of hydrogen-bond acceptors (Lipinski definition) is 7. The molecule has 0 saturated carbocycles. The summed E-state index contributed by atoms with van der Waals surface area (Å²) in [6, 6.07) is 19.2. The minimum atomic E-state index is -3.93. The molecule has 0 radical (unpaired) electrons. The quantitative estimate of drug-likeness (QED) is 0.262. The van der Waals surface area contributed by atoms with Crippen LogP contribution in [0.4, 0.5) is 5.69 Å². The molecule has 0 bridgehead atoms. The van der Waals surface area contributed by atoms with Crippen LogP contribution in [0.2, 0.25) is 5.02 Å². The van der Waals surface area contributed by atoms with E-state index in [2.05, 4.69) is 19.9 Å². The van der Waals surface area contributed by atoms with Crippen LogP contribution in [0.3, 0.4) is 0 Å². The lowest BCUT2D eigenvalue weighted by atomic mass is 10.1. The summed E-state index contributed by atoms with van der Waals surface area (Å²) in [5.41, 5.74) is 3.64. The van der Waals surface area contributed by atoms with Crippen LogP contribution in [0.1, 0.15) is 26.8 Å². The molecule has 2 aromatic heterocycles. The van der Waals surface area contributed by atoms with Gasteiger partial charge in [0.05, 0.1) is 22.1 Å². The Morgan fingerprint density at radius 3 is 2.51 bits per heavy atom. The van der Waals surface area contributed by atoms with Gasteiger partial charge < -0.3 is 9.47 Å². The van der Waals surface area contributed by atoms with Crippen LogP contribution in [-0.2, 0) is 23.1 Å². The normalized spacial score (nSPS) is 13.2. The van der Waals surface area contributed by atoms with E-state index in [4.69, 9.17) is 11.6 Å². The first-order valence-electron chi connectivity index (χ1n) is 12.8. The van der Waals surface area contributed by atoms with Gasteiger partial charge in [-0.25, -0.2) is 13.4 Å². The molecule has 208 valence electrons. The second-order valence-corrected chi connectivity index (χ2v) is 12.9. The minimum Gasteiger partial charge on any atom is -0.329 e. The van der Waals surface area contributed by atoms with Crippen molar-refractivity contribution in [2.24, 2.45) is 0 Å². The van der Waals surface area contributed by atoms with Gasteiger partial charge in [0, 0.05) is 45.9 Å². The van der Waals surface area contributed by atoms with Crippen molar-refractivity contribution in [1.29, 1.82) is 0 Å². The predicted octanol–water partition coefficient (Wildman–Crippen LogP) is 5.80. The van der Waals surface area contributed by atoms with Crippen molar-refractivity contribution in [3.05, 3.63) is 99.1 Å². The van der Waals surface area contributed by atoms with Gasteiger partial charge in [-0.3, -0.25) is 9.52 Å². The summed E-state index contributed by atoms with van der Waals surface area (Å²) in [7, 11) is -3.93. The standard InChI is InChI=1S/C29H25ClN6O3S2/c1-18-6-7-21(25-17-40-19(2)31-25)15-26(18)41(38,39)34-24-5-3-4-22(14-24)29(37)35-12-13-36-27(16-35)32-33-28(36)20-8-10-23(30)11-9-20/h3-11,14-15,17,34H,12-13,16H2,1-2H3. The molecule has 1 N–H and O–H groups in total. The Bertz CT molecular complexity index is 1880. The third-order valence-electron chi connectivity index (χ3n) is 6.90. The molecule has 9 nitrogen and oxygen atoms in total. The average Bonchev–Trinajstić information content (AvgIpc) is 3.59. The van der Waals surface area contributed by atoms with Gasteiger partial charge in [0.15, 0.2) is 11.6 Å². The molecule has 0 unspecified atom stereocenters. The van der Waals surface area contributed by atoms with Crippen molar-refractivity contribution in [3.8, 4) is 22.6 Å². The number of amides is 1. The topological polar surface area (TPSA) is 110 Å². The number of aryl methyl sites for hydroxylation is 2. The number of carbonyl (C=O) groups is 1. The maximum Gasteiger partial charge on any atom is 0.262 e. The summed E-state index contributed by atoms with van der Waals surface area (Å²) in [4.78, 5) is 19.8. The Labute approximate surface area is 246 Å². The van der Waals surface area contributed by atoms with Crippen molar-refractivity contribution < 1.29 is 13.2 Å². The maximum atomic E-state index is 13.4. The minimum absolute atomic E-state index is 0.157. The lowest BCUT2D eigenvalue weighted by Crippen LogP contribution is -2.38. The number of fused-ring (bicyclic) bond motifs is 1. The monoisotopic (exact) mass is 604 g/mol. The predicted molar refractivity (Wildman–Crippen MR) is 159 cm³/mol. The third kappa shape index (κ3) is 5.48. The number of thiazole rings is 1. The van der Waals surface area contributed by atoms with Gasteiger partial charge in [-0.05, 0) is 67.9 Å². The van der Waals surface area contributed by atoms with Crippen molar-refractivity contribution >= 4 is 44.6 Å². The zero-order chi connectivity index (χ0) is 28.7. The third-order valence-corrected chi connectivity index (χ3v) is 9.45. The molecule has 0 fully saturated rings. The Hall–Kier alpha value is -4.06. The number of benzene rings is 3. The maximum absolute atomic E-state index is 13.4. The first-order chi connectivity index (χ1) is 19.7. The van der Waals surface area contributed by atoms with Crippen LogP contribution >= 0.6 is 22.9 Å². The van der Waals surface area contributed by atoms with Gasteiger partial charge in [0.25, 0.3) is 15.9 Å². The van der Waals surface area contributed by atoms with E-state index in [0.29, 0.717) is 40.8 Å². The average molecular weight is 605 g/mol. The molecule has 1 amide bonds. The summed E-state index contributed by atoms with van der Waals surface area (Å²) in [5.74, 6) is 1.19. The summed E-state index contributed by atoms with van der Waals surface area (Å²) in [5, 5.41) is 12.1. The number of halogens is 1. The van der Waals surface area contributed by atoms with Gasteiger partial charge in [0.1, 0.15) is 0 Å². The smallest absolute Gasteiger partial charge is 0.262 e. The van der Waals surface area contributed by atoms with E-state index < -0.39 is 10.0 Å². The molecule has 41 heavy (non-hydrogen) atoms. The summed E-state index contributed by atoms with van der Waals surface area (Å²) in [6.45, 7) is 4.94. The molecule has 0 saturated heterocycles. The lowest BCUT2D eigenvalue weighted by molar-refractivity contribution is 0.0708. The molecule has 3 aromatic carbocycles. The van der Waals surface area contributed by atoms with E-state index in [0.717, 1.165) is 27.7 Å². The highest BCUT2D eigenvalue weighted by Gasteiger charge is 2.26. The van der Waals surface area contributed by atoms with Crippen molar-refractivity contribution in [1.82, 2.24) is 24.6 Å². The molecule has 0 atom stereocenters. The Balaban J connectivity index is 1.20. The molecular weight excluding hydrogens is 580 g/mol. The van der Waals surface area contributed by atoms with Gasteiger partial charge in [-0.2, -0.15) is 0 Å². The van der Waals surface area contributed by atoms with Crippen LogP contribution in [0.5, 0.6) is 0 Å². The first kappa shape index (κ1) is 27.1. The number of anilines is 1. The van der Waals surface area contributed by atoms with Crippen molar-refractivity contribution in [2.45, 2.75) is 31.8 Å². The SMILES string of the molecule is Cc1nc(-c2ccc(C)c(S(=O)(=O)Nc3cccc(C(=O)N4CCn5c(nnc5-c5ccc(Cl)cc5)C4)c3)c2)cs1. The molecule has 5 aromatic rings. The number of rotatable bonds is 6. The van der Waals surface area contributed by atoms with Crippen LogP contribution in [0.25, 0.3) is 22.6 Å². The fraction of sp³-hybridized carbons (Fsp3) is 0.172. The highest BCUT2D eigenvalue weighted by atomic mass is 35.5. The molecular formula is C29H25ClN6O3S2. The Morgan fingerprint density at radius 1 is 0.976 bits per heavy atom. The fourth-order valence-corrected chi connectivity index (χ4v) is 6.87. The van der Waals surface area contributed by atoms with Gasteiger partial charge in [0.2, 0.25) is 0 Å². The molecule has 0 spiro atoms. The molecule has 1 aliphatic heterocycles. The van der Waals surface area contributed by atoms with E-state index in [1.807, 2.05) is 35.1 Å². The first-order valence-corrected chi connectivity index (χ1v) is 15.6. The second kappa shape index (κ2) is 10.7. The zero-order valence-corrected chi connectivity index (χ0v) is 24.6. The Morgan fingerprint density at radius 2 is 1.76 bits per heavy atom. The van der Waals surface area contributed by atoms with Crippen LogP contribution in [0.15, 0.2) is 77.0 Å². The van der Waals surface area contributed by atoms with Gasteiger partial charge >= 0.3 is 0 Å². The molecule has 1 aliphatic rings. The van der Waals surface area contributed by atoms with E-state index >= 15 is 0 Å². The number of sulfonamides is 1. The molecule has 0 aliphatic carbocycles. The fourth-order valence-electron chi connectivity index (χ4n) is 4.80. The molecule has 12 heteroatoms. The van der Waals surface area contributed by atoms with Crippen LogP contribution in [0, 0.1) is 13.8 Å². The highest BCUT2D eigenvalue weighted by Crippen LogP contribution is 2.28. The number of aromatic nitrogens is 4. The van der Waals surface area contributed by atoms with Crippen LogP contribution in [-0.4, -0.2) is 45.5 Å². The largest absolute Gasteiger partial charge is 0.329 e. The van der Waals surface area contributed by atoms with Crippen LogP contribution < -0.4 is 4.72 Å². The molecule has 3 heterocycles. The molecule has 6 rings (SSSR count). The van der Waals surface area contributed by atoms with Gasteiger partial charge in [-0.15, -0.1) is 21.5 Å². The summed E-state index contributed by atoms with van der Waals surface area (Å²) < 4.78 is 31.5. The highest BCUT2D eigenvalue weighted by molar-refractivity contribution is 7.92. The van der Waals surface area contributed by atoms with Crippen molar-refractivity contribution in [2.75, 3.05) is 11.3 Å². The van der Waals surface area contributed by atoms with E-state index in [9.17, 15) is 13.2 Å². The van der Waals surface area contributed by atoms with Gasteiger partial charge in [-0.1, -0.05) is 29.8 Å². The zero-order valence-electron chi connectivity index (χ0n) is 22.2. The van der Waals surface area contributed by atoms with E-state index in [1.54, 1.807) is 60.4 Å². The number of carbonyl (C=O) groups excluding carboxylic acids is 1. The van der Waals surface area contributed by atoms with E-state index in [-0.39, 0.29) is 17.3 Å². The number of nitrogens with zero attached hydrogens (tertiary/aromatic N) is 5. The lowest BCUT2D eigenvalue weighted by Gasteiger charge is -2.28.